The minimum atomic E-state index is -2.73. The maximum atomic E-state index is 13.6. The predicted molar refractivity (Wildman–Crippen MR) is 130 cm³/mol. The molecule has 2 heterocycles. The van der Waals surface area contributed by atoms with Gasteiger partial charge in [0.25, 0.3) is 11.8 Å². The van der Waals surface area contributed by atoms with E-state index in [0.717, 1.165) is 0 Å². The lowest BCUT2D eigenvalue weighted by atomic mass is 9.82. The molecule has 0 saturated carbocycles. The number of benzene rings is 2. The lowest BCUT2D eigenvalue weighted by molar-refractivity contribution is -0.145. The molecule has 0 bridgehead atoms. The van der Waals surface area contributed by atoms with Crippen molar-refractivity contribution in [2.24, 2.45) is 5.92 Å². The summed E-state index contributed by atoms with van der Waals surface area (Å²) < 4.78 is 6.47. The van der Waals surface area contributed by atoms with E-state index >= 15 is 0 Å². The summed E-state index contributed by atoms with van der Waals surface area (Å²) in [6.45, 7) is 5.53. The number of nitrogens with two attached hydrogens (primary N) is 1. The van der Waals surface area contributed by atoms with Crippen LogP contribution in [0.2, 0.25) is 18.6 Å². The molecule has 1 saturated heterocycles. The van der Waals surface area contributed by atoms with Crippen molar-refractivity contribution >= 4 is 37.2 Å². The Kier molecular flexibility index (Phi) is 5.86. The summed E-state index contributed by atoms with van der Waals surface area (Å²) in [5, 5.41) is 12.5. The van der Waals surface area contributed by atoms with Crippen LogP contribution >= 0.6 is 0 Å². The van der Waals surface area contributed by atoms with E-state index in [1.165, 1.54) is 0 Å². The highest BCUT2D eigenvalue weighted by Crippen LogP contribution is 2.59. The highest BCUT2D eigenvalue weighted by molar-refractivity contribution is 6.71. The number of carbonyl (C=O) groups is 2. The van der Waals surface area contributed by atoms with Gasteiger partial charge in [0.05, 0.1) is 11.8 Å². The smallest absolute Gasteiger partial charge is 0.264 e. The van der Waals surface area contributed by atoms with Crippen LogP contribution in [0.15, 0.2) is 42.5 Å². The summed E-state index contributed by atoms with van der Waals surface area (Å²) in [4.78, 5) is 38.9. The minimum absolute atomic E-state index is 0.0942. The highest BCUT2D eigenvalue weighted by Gasteiger charge is 2.65. The van der Waals surface area contributed by atoms with Gasteiger partial charge in [0.2, 0.25) is 0 Å². The second-order valence-electron chi connectivity index (χ2n) is 9.54. The largest absolute Gasteiger partial charge is 0.432 e. The van der Waals surface area contributed by atoms with Crippen LogP contribution < -0.4 is 16.0 Å². The molecule has 0 radical (unpaired) electrons. The third-order valence-electron chi connectivity index (χ3n) is 6.96. The maximum absolute atomic E-state index is 13.6. The summed E-state index contributed by atoms with van der Waals surface area (Å²) in [6.07, 6.45) is -0.0961. The summed E-state index contributed by atoms with van der Waals surface area (Å²) in [7, 11) is -1.03. The van der Waals surface area contributed by atoms with E-state index in [2.05, 4.69) is 5.32 Å². The summed E-state index contributed by atoms with van der Waals surface area (Å²) in [5.74, 6) is -0.794. The Bertz CT molecular complexity index is 1080. The van der Waals surface area contributed by atoms with E-state index in [-0.39, 0.29) is 29.9 Å². The number of aliphatic hydroxyl groups is 1. The van der Waals surface area contributed by atoms with Gasteiger partial charge in [0.1, 0.15) is 0 Å². The Morgan fingerprint density at radius 1 is 1.24 bits per heavy atom. The van der Waals surface area contributed by atoms with E-state index in [1.54, 1.807) is 54.4 Å². The maximum Gasteiger partial charge on any atom is 0.264 e. The SMILES string of the molecule is C[C@H]1[C@H]([Si](C)(C)O)[C@@H](CCO)O[C@]12C(=O)N(C)c1ccc(NC(=O)c3ccc(N)cc3)cc12. The molecule has 2 aromatic carbocycles. The molecular weight excluding hydrogens is 438 g/mol. The van der Waals surface area contributed by atoms with Crippen LogP contribution in [0, 0.1) is 5.92 Å². The molecule has 2 aliphatic rings. The fourth-order valence-electron chi connectivity index (χ4n) is 5.50. The first-order valence-corrected chi connectivity index (χ1v) is 14.1. The molecule has 4 atom stereocenters. The molecule has 2 aromatic rings. The van der Waals surface area contributed by atoms with Crippen molar-refractivity contribution in [3.8, 4) is 0 Å². The molecule has 33 heavy (non-hydrogen) atoms. The second-order valence-corrected chi connectivity index (χ2v) is 13.5. The van der Waals surface area contributed by atoms with Gasteiger partial charge in [0.15, 0.2) is 13.9 Å². The third kappa shape index (κ3) is 3.74. The zero-order valence-electron chi connectivity index (χ0n) is 19.3. The van der Waals surface area contributed by atoms with Crippen LogP contribution in [0.25, 0.3) is 0 Å². The molecule has 2 aliphatic heterocycles. The van der Waals surface area contributed by atoms with Gasteiger partial charge in [-0.15, -0.1) is 0 Å². The van der Waals surface area contributed by atoms with Crippen LogP contribution in [-0.4, -0.2) is 49.8 Å². The van der Waals surface area contributed by atoms with Crippen LogP contribution in [-0.2, 0) is 15.1 Å². The number of rotatable bonds is 5. The van der Waals surface area contributed by atoms with Gasteiger partial charge in [-0.25, -0.2) is 0 Å². The highest BCUT2D eigenvalue weighted by atomic mass is 28.4. The molecule has 4 rings (SSSR count). The normalized spacial score (nSPS) is 26.7. The zero-order valence-corrected chi connectivity index (χ0v) is 20.3. The van der Waals surface area contributed by atoms with Gasteiger partial charge >= 0.3 is 0 Å². The van der Waals surface area contributed by atoms with Gasteiger partial charge in [-0.3, -0.25) is 9.59 Å². The number of aliphatic hydroxyl groups excluding tert-OH is 1. The van der Waals surface area contributed by atoms with Gasteiger partial charge in [-0.2, -0.15) is 0 Å². The Morgan fingerprint density at radius 3 is 2.52 bits per heavy atom. The van der Waals surface area contributed by atoms with Crippen LogP contribution in [0.1, 0.15) is 29.3 Å². The predicted octanol–water partition coefficient (Wildman–Crippen LogP) is 2.68. The van der Waals surface area contributed by atoms with E-state index in [0.29, 0.717) is 34.6 Å². The number of nitrogen functional groups attached to an aromatic ring is 1. The number of anilines is 3. The standard InChI is InChI=1S/C24H31N3O5Si/c1-14-21(33(3,4)31)20(11-12-28)32-24(14)18-13-17(9-10-19(18)27(2)23(24)30)26-22(29)15-5-7-16(25)8-6-15/h5-10,13-14,20-21,28,31H,11-12,25H2,1-4H3,(H,26,29)/t14-,20+,21-,24+/m0/s1. The number of likely N-dealkylation sites (N-methyl/N-ethyl adjacent to an activating group) is 1. The zero-order chi connectivity index (χ0) is 24.1. The van der Waals surface area contributed by atoms with Crippen molar-refractivity contribution < 1.29 is 24.2 Å². The first-order valence-electron chi connectivity index (χ1n) is 11.1. The van der Waals surface area contributed by atoms with Crippen LogP contribution in [0.4, 0.5) is 17.1 Å². The summed E-state index contributed by atoms with van der Waals surface area (Å²) >= 11 is 0. The molecule has 8 nitrogen and oxygen atoms in total. The molecule has 0 aromatic heterocycles. The monoisotopic (exact) mass is 469 g/mol. The van der Waals surface area contributed by atoms with Crippen molar-refractivity contribution in [2.75, 3.05) is 29.6 Å². The number of nitrogens with one attached hydrogen (secondary N) is 1. The number of nitrogens with zero attached hydrogens (tertiary/aromatic N) is 1. The Labute approximate surface area is 194 Å². The molecular formula is C24H31N3O5Si. The number of ether oxygens (including phenoxy) is 1. The quantitative estimate of drug-likeness (QED) is 0.394. The molecule has 1 spiro atoms. The summed E-state index contributed by atoms with van der Waals surface area (Å²) in [5.41, 5.74) is 7.15. The van der Waals surface area contributed by atoms with Crippen molar-refractivity contribution in [1.82, 2.24) is 0 Å². The number of fused-ring (bicyclic) bond motifs is 2. The van der Waals surface area contributed by atoms with Crippen molar-refractivity contribution in [1.29, 1.82) is 0 Å². The molecule has 9 heteroatoms. The topological polar surface area (TPSA) is 125 Å². The summed E-state index contributed by atoms with van der Waals surface area (Å²) in [6, 6.07) is 12.0. The average Bonchev–Trinajstić information content (AvgIpc) is 3.16. The number of hydrogen-bond donors (Lipinski definition) is 4. The minimum Gasteiger partial charge on any atom is -0.432 e. The molecule has 5 N–H and O–H groups in total. The fourth-order valence-corrected chi connectivity index (χ4v) is 8.10. The van der Waals surface area contributed by atoms with E-state index < -0.39 is 20.0 Å². The first-order chi connectivity index (χ1) is 15.5. The Balaban J connectivity index is 1.74. The lowest BCUT2D eigenvalue weighted by Crippen LogP contribution is -2.45. The number of amides is 2. The lowest BCUT2D eigenvalue weighted by Gasteiger charge is -2.32. The number of hydrogen-bond acceptors (Lipinski definition) is 6. The number of carbonyl (C=O) groups excluding carboxylic acids is 2. The van der Waals surface area contributed by atoms with E-state index in [9.17, 15) is 19.5 Å². The van der Waals surface area contributed by atoms with Crippen molar-refractivity contribution in [3.63, 3.8) is 0 Å². The van der Waals surface area contributed by atoms with E-state index in [1.807, 2.05) is 20.0 Å². The first kappa shape index (κ1) is 23.4. The molecule has 0 aliphatic carbocycles. The molecule has 0 unspecified atom stereocenters. The van der Waals surface area contributed by atoms with Crippen LogP contribution in [0.3, 0.4) is 0 Å². The molecule has 1 fully saturated rings. The molecule has 176 valence electrons. The average molecular weight is 470 g/mol. The van der Waals surface area contributed by atoms with Crippen molar-refractivity contribution in [2.45, 2.75) is 43.7 Å². The van der Waals surface area contributed by atoms with Gasteiger partial charge in [0, 0.05) is 47.6 Å². The van der Waals surface area contributed by atoms with E-state index in [4.69, 9.17) is 10.5 Å². The van der Waals surface area contributed by atoms with Gasteiger partial charge < -0.3 is 30.6 Å². The Morgan fingerprint density at radius 2 is 1.91 bits per heavy atom. The van der Waals surface area contributed by atoms with Crippen molar-refractivity contribution in [3.05, 3.63) is 53.6 Å². The van der Waals surface area contributed by atoms with Crippen LogP contribution in [0.5, 0.6) is 0 Å². The third-order valence-corrected chi connectivity index (χ3v) is 9.46. The Hall–Kier alpha value is -2.72. The van der Waals surface area contributed by atoms with Gasteiger partial charge in [-0.1, -0.05) is 6.92 Å². The fraction of sp³-hybridized carbons (Fsp3) is 0.417. The van der Waals surface area contributed by atoms with Gasteiger partial charge in [-0.05, 0) is 62.0 Å². The second kappa shape index (κ2) is 8.25. The molecule has 2 amide bonds.